The molecule has 0 aliphatic carbocycles. The number of nitrogens with one attached hydrogen (secondary N) is 1. The van der Waals surface area contributed by atoms with Gasteiger partial charge in [-0.15, -0.1) is 0 Å². The molecular formula is C18H20BrNO2. The normalized spacial score (nSPS) is 10.3. The minimum absolute atomic E-state index is 0.00261. The fraction of sp³-hybridized carbons (Fsp3) is 0.278. The number of hydrogen-bond donors (Lipinski definition) is 1. The van der Waals surface area contributed by atoms with Crippen molar-refractivity contribution in [3.8, 4) is 5.75 Å². The molecule has 0 unspecified atom stereocenters. The summed E-state index contributed by atoms with van der Waals surface area (Å²) in [4.78, 5) is 11.9. The van der Waals surface area contributed by atoms with E-state index in [9.17, 15) is 4.79 Å². The number of amides is 1. The first-order chi connectivity index (χ1) is 10.6. The van der Waals surface area contributed by atoms with Gasteiger partial charge in [-0.05, 0) is 54.8 Å². The second-order valence-electron chi connectivity index (χ2n) is 5.19. The van der Waals surface area contributed by atoms with Crippen LogP contribution in [-0.4, -0.2) is 12.5 Å². The van der Waals surface area contributed by atoms with E-state index in [1.54, 1.807) is 0 Å². The first kappa shape index (κ1) is 16.6. The van der Waals surface area contributed by atoms with Crippen LogP contribution in [0.4, 0.5) is 5.69 Å². The van der Waals surface area contributed by atoms with Gasteiger partial charge in [0.15, 0.2) is 6.61 Å². The van der Waals surface area contributed by atoms with Crippen LogP contribution in [0.1, 0.15) is 24.5 Å². The number of anilines is 1. The zero-order valence-electron chi connectivity index (χ0n) is 12.9. The number of halogens is 1. The molecule has 0 heterocycles. The van der Waals surface area contributed by atoms with Crippen molar-refractivity contribution in [3.05, 3.63) is 58.1 Å². The molecule has 2 aromatic carbocycles. The highest BCUT2D eigenvalue weighted by molar-refractivity contribution is 9.10. The van der Waals surface area contributed by atoms with Gasteiger partial charge in [0.1, 0.15) is 5.75 Å². The summed E-state index contributed by atoms with van der Waals surface area (Å²) in [7, 11) is 0. The summed E-state index contributed by atoms with van der Waals surface area (Å²) in [5.74, 6) is 0.547. The molecule has 0 aromatic heterocycles. The van der Waals surface area contributed by atoms with Gasteiger partial charge in [-0.3, -0.25) is 4.79 Å². The van der Waals surface area contributed by atoms with Crippen LogP contribution < -0.4 is 10.1 Å². The van der Waals surface area contributed by atoms with Crippen molar-refractivity contribution >= 4 is 27.5 Å². The number of aryl methyl sites for hydroxylation is 2. The molecule has 0 atom stereocenters. The Morgan fingerprint density at radius 2 is 1.91 bits per heavy atom. The molecule has 0 spiro atoms. The Morgan fingerprint density at radius 1 is 1.18 bits per heavy atom. The fourth-order valence-electron chi connectivity index (χ4n) is 2.14. The number of rotatable bonds is 6. The summed E-state index contributed by atoms with van der Waals surface area (Å²) in [5, 5.41) is 2.85. The maximum Gasteiger partial charge on any atom is 0.262 e. The topological polar surface area (TPSA) is 38.3 Å². The van der Waals surface area contributed by atoms with Crippen molar-refractivity contribution in [2.75, 3.05) is 11.9 Å². The molecule has 0 fully saturated rings. The van der Waals surface area contributed by atoms with Crippen LogP contribution >= 0.6 is 15.9 Å². The van der Waals surface area contributed by atoms with E-state index >= 15 is 0 Å². The molecule has 22 heavy (non-hydrogen) atoms. The summed E-state index contributed by atoms with van der Waals surface area (Å²) in [5.41, 5.74) is 3.09. The maximum atomic E-state index is 11.9. The van der Waals surface area contributed by atoms with Gasteiger partial charge in [-0.2, -0.15) is 0 Å². The Kier molecular flexibility index (Phi) is 6.01. The number of ether oxygens (including phenoxy) is 1. The highest BCUT2D eigenvalue weighted by Crippen LogP contribution is 2.20. The third kappa shape index (κ3) is 4.88. The van der Waals surface area contributed by atoms with Gasteiger partial charge >= 0.3 is 0 Å². The van der Waals surface area contributed by atoms with Gasteiger partial charge in [-0.1, -0.05) is 41.4 Å². The zero-order valence-corrected chi connectivity index (χ0v) is 14.4. The average Bonchev–Trinajstić information content (AvgIpc) is 2.50. The highest BCUT2D eigenvalue weighted by Gasteiger charge is 2.06. The lowest BCUT2D eigenvalue weighted by molar-refractivity contribution is -0.118. The molecule has 0 aliphatic heterocycles. The van der Waals surface area contributed by atoms with E-state index in [1.165, 1.54) is 5.56 Å². The lowest BCUT2D eigenvalue weighted by Crippen LogP contribution is -2.20. The Hall–Kier alpha value is -1.81. The quantitative estimate of drug-likeness (QED) is 0.807. The number of carbonyl (C=O) groups excluding carboxylic acids is 1. The van der Waals surface area contributed by atoms with Crippen molar-refractivity contribution in [1.29, 1.82) is 0 Å². The number of carbonyl (C=O) groups is 1. The monoisotopic (exact) mass is 361 g/mol. The van der Waals surface area contributed by atoms with Crippen LogP contribution in [0.3, 0.4) is 0 Å². The van der Waals surface area contributed by atoms with Gasteiger partial charge in [0.2, 0.25) is 0 Å². The molecular weight excluding hydrogens is 342 g/mol. The fourth-order valence-corrected chi connectivity index (χ4v) is 2.62. The summed E-state index contributed by atoms with van der Waals surface area (Å²) < 4.78 is 6.51. The van der Waals surface area contributed by atoms with E-state index in [0.29, 0.717) is 5.75 Å². The maximum absolute atomic E-state index is 11.9. The van der Waals surface area contributed by atoms with Crippen LogP contribution in [0.5, 0.6) is 5.75 Å². The third-order valence-electron chi connectivity index (χ3n) is 3.29. The van der Waals surface area contributed by atoms with Crippen LogP contribution in [0.25, 0.3) is 0 Å². The zero-order chi connectivity index (χ0) is 15.9. The van der Waals surface area contributed by atoms with E-state index < -0.39 is 0 Å². The SMILES string of the molecule is CCCc1ccc(OCC(=O)Nc2ccc(Br)cc2C)cc1. The summed E-state index contributed by atoms with van der Waals surface area (Å²) >= 11 is 3.40. The largest absolute Gasteiger partial charge is 0.484 e. The molecule has 0 saturated heterocycles. The smallest absolute Gasteiger partial charge is 0.262 e. The Morgan fingerprint density at radius 3 is 2.55 bits per heavy atom. The third-order valence-corrected chi connectivity index (χ3v) is 3.79. The van der Waals surface area contributed by atoms with Gasteiger partial charge in [-0.25, -0.2) is 0 Å². The molecule has 116 valence electrons. The first-order valence-electron chi connectivity index (χ1n) is 7.36. The number of benzene rings is 2. The Bertz CT molecular complexity index is 638. The van der Waals surface area contributed by atoms with E-state index in [-0.39, 0.29) is 12.5 Å². The van der Waals surface area contributed by atoms with E-state index in [4.69, 9.17) is 4.74 Å². The standard InChI is InChI=1S/C18H20BrNO2/c1-3-4-14-5-8-16(9-6-14)22-12-18(21)20-17-10-7-15(19)11-13(17)2/h5-11H,3-4,12H2,1-2H3,(H,20,21). The van der Waals surface area contributed by atoms with Crippen LogP contribution in [0.2, 0.25) is 0 Å². The Balaban J connectivity index is 1.87. The second-order valence-corrected chi connectivity index (χ2v) is 6.11. The van der Waals surface area contributed by atoms with Gasteiger partial charge in [0.05, 0.1) is 0 Å². The summed E-state index contributed by atoms with van der Waals surface area (Å²) in [6, 6.07) is 13.6. The molecule has 0 saturated carbocycles. The number of hydrogen-bond acceptors (Lipinski definition) is 2. The van der Waals surface area contributed by atoms with E-state index in [2.05, 4.69) is 28.2 Å². The lowest BCUT2D eigenvalue weighted by Gasteiger charge is -2.10. The van der Waals surface area contributed by atoms with Crippen molar-refractivity contribution in [2.24, 2.45) is 0 Å². The van der Waals surface area contributed by atoms with Crippen LogP contribution in [-0.2, 0) is 11.2 Å². The molecule has 1 N–H and O–H groups in total. The predicted octanol–water partition coefficient (Wildman–Crippen LogP) is 4.73. The molecule has 0 radical (unpaired) electrons. The second kappa shape index (κ2) is 7.99. The summed E-state index contributed by atoms with van der Waals surface area (Å²) in [6.45, 7) is 4.11. The van der Waals surface area contributed by atoms with Crippen molar-refractivity contribution < 1.29 is 9.53 Å². The van der Waals surface area contributed by atoms with Gasteiger partial charge in [0, 0.05) is 10.2 Å². The van der Waals surface area contributed by atoms with Crippen molar-refractivity contribution in [3.63, 3.8) is 0 Å². The van der Waals surface area contributed by atoms with Crippen molar-refractivity contribution in [1.82, 2.24) is 0 Å². The van der Waals surface area contributed by atoms with Crippen LogP contribution in [0.15, 0.2) is 46.9 Å². The van der Waals surface area contributed by atoms with Gasteiger partial charge < -0.3 is 10.1 Å². The molecule has 3 nitrogen and oxygen atoms in total. The average molecular weight is 362 g/mol. The molecule has 0 aliphatic rings. The minimum atomic E-state index is -0.164. The Labute approximate surface area is 139 Å². The molecule has 0 bridgehead atoms. The van der Waals surface area contributed by atoms with Crippen molar-refractivity contribution in [2.45, 2.75) is 26.7 Å². The summed E-state index contributed by atoms with van der Waals surface area (Å²) in [6.07, 6.45) is 2.18. The first-order valence-corrected chi connectivity index (χ1v) is 8.15. The predicted molar refractivity (Wildman–Crippen MR) is 93.4 cm³/mol. The molecule has 4 heteroatoms. The molecule has 2 rings (SSSR count). The molecule has 1 amide bonds. The highest BCUT2D eigenvalue weighted by atomic mass is 79.9. The van der Waals surface area contributed by atoms with Crippen LogP contribution in [0, 0.1) is 6.92 Å². The van der Waals surface area contributed by atoms with E-state index in [1.807, 2.05) is 49.4 Å². The van der Waals surface area contributed by atoms with Gasteiger partial charge in [0.25, 0.3) is 5.91 Å². The van der Waals surface area contributed by atoms with E-state index in [0.717, 1.165) is 28.6 Å². The minimum Gasteiger partial charge on any atom is -0.484 e. The molecule has 2 aromatic rings. The lowest BCUT2D eigenvalue weighted by atomic mass is 10.1.